The van der Waals surface area contributed by atoms with Crippen molar-refractivity contribution in [1.29, 1.82) is 0 Å². The molecule has 0 spiro atoms. The minimum Gasteiger partial charge on any atom is -0.462 e. The Morgan fingerprint density at radius 3 is 0.784 bits per heavy atom. The van der Waals surface area contributed by atoms with Crippen molar-refractivity contribution in [3.63, 3.8) is 0 Å². The van der Waals surface area contributed by atoms with Gasteiger partial charge in [-0.05, 0) is 43.4 Å². The zero-order valence-electron chi connectivity index (χ0n) is 63.5. The van der Waals surface area contributed by atoms with Crippen LogP contribution in [0.3, 0.4) is 0 Å². The lowest BCUT2D eigenvalue weighted by molar-refractivity contribution is -0.161. The lowest BCUT2D eigenvalue weighted by atomic mass is 9.99. The predicted octanol–water partition coefficient (Wildman–Crippen LogP) is 23.0. The molecule has 0 saturated heterocycles. The SMILES string of the molecule is CCCCCCCCCCC(=O)OC[C@H](COP(=O)(O)OC[C@H](O)COP(=O)(O)OC[C@@H](COC(=O)CCCCCCCCCCCCC(C)CC)OC(=O)CCCCCCCCCCCCCCCCCCCCC(C)C)OC(=O)CCCCCCCCCCCCC(C)CC. The van der Waals surface area contributed by atoms with Crippen molar-refractivity contribution in [2.24, 2.45) is 17.8 Å². The quantitative estimate of drug-likeness (QED) is 0.0222. The molecule has 0 bridgehead atoms. The van der Waals surface area contributed by atoms with E-state index in [0.717, 1.165) is 114 Å². The highest BCUT2D eigenvalue weighted by atomic mass is 31.2. The Morgan fingerprint density at radius 2 is 0.526 bits per heavy atom. The van der Waals surface area contributed by atoms with Crippen LogP contribution in [0.2, 0.25) is 0 Å². The number of unbranched alkanes of at least 4 members (excludes halogenated alkanes) is 42. The van der Waals surface area contributed by atoms with Crippen molar-refractivity contribution >= 4 is 39.5 Å². The van der Waals surface area contributed by atoms with Gasteiger partial charge in [-0.3, -0.25) is 37.3 Å². The predicted molar refractivity (Wildman–Crippen MR) is 395 cm³/mol. The van der Waals surface area contributed by atoms with Crippen LogP contribution in [0, 0.1) is 17.8 Å². The zero-order chi connectivity index (χ0) is 71.6. The molecule has 7 atom stereocenters. The van der Waals surface area contributed by atoms with E-state index in [0.29, 0.717) is 25.7 Å². The van der Waals surface area contributed by atoms with Crippen LogP contribution in [0.5, 0.6) is 0 Å². The van der Waals surface area contributed by atoms with E-state index in [-0.39, 0.29) is 25.7 Å². The number of carbonyl (C=O) groups excluding carboxylic acids is 4. The maximum absolute atomic E-state index is 13.1. The Labute approximate surface area is 594 Å². The largest absolute Gasteiger partial charge is 0.472 e. The second-order valence-electron chi connectivity index (χ2n) is 29.1. The van der Waals surface area contributed by atoms with Crippen LogP contribution in [-0.2, 0) is 65.4 Å². The van der Waals surface area contributed by atoms with Crippen molar-refractivity contribution in [3.05, 3.63) is 0 Å². The molecule has 0 radical (unpaired) electrons. The van der Waals surface area contributed by atoms with Gasteiger partial charge in [0.15, 0.2) is 12.2 Å². The van der Waals surface area contributed by atoms with E-state index in [1.54, 1.807) is 0 Å². The molecule has 17 nitrogen and oxygen atoms in total. The first-order valence-corrected chi connectivity index (χ1v) is 43.4. The highest BCUT2D eigenvalue weighted by Gasteiger charge is 2.30. The summed E-state index contributed by atoms with van der Waals surface area (Å²) in [5.41, 5.74) is 0. The number of rotatable bonds is 76. The summed E-state index contributed by atoms with van der Waals surface area (Å²) in [5, 5.41) is 10.6. The van der Waals surface area contributed by atoms with Gasteiger partial charge in [-0.15, -0.1) is 0 Å². The van der Waals surface area contributed by atoms with E-state index in [9.17, 15) is 43.2 Å². The zero-order valence-corrected chi connectivity index (χ0v) is 65.3. The Kier molecular flexibility index (Phi) is 67.1. The van der Waals surface area contributed by atoms with Gasteiger partial charge in [-0.25, -0.2) is 9.13 Å². The third-order valence-electron chi connectivity index (χ3n) is 18.9. The summed E-state index contributed by atoms with van der Waals surface area (Å²) >= 11 is 0. The van der Waals surface area contributed by atoms with E-state index >= 15 is 0 Å². The summed E-state index contributed by atoms with van der Waals surface area (Å²) in [6.07, 6.45) is 55.4. The fourth-order valence-corrected chi connectivity index (χ4v) is 13.5. The van der Waals surface area contributed by atoms with Gasteiger partial charge < -0.3 is 33.8 Å². The number of aliphatic hydroxyl groups is 1. The van der Waals surface area contributed by atoms with Crippen LogP contribution in [0.15, 0.2) is 0 Å². The molecule has 19 heteroatoms. The minimum atomic E-state index is -4.96. The van der Waals surface area contributed by atoms with Crippen molar-refractivity contribution in [3.8, 4) is 0 Å². The molecule has 0 aromatic heterocycles. The third-order valence-corrected chi connectivity index (χ3v) is 20.8. The van der Waals surface area contributed by atoms with Gasteiger partial charge in [0, 0.05) is 25.7 Å². The topological polar surface area (TPSA) is 237 Å². The first-order chi connectivity index (χ1) is 46.8. The second kappa shape index (κ2) is 68.5. The highest BCUT2D eigenvalue weighted by molar-refractivity contribution is 7.47. The lowest BCUT2D eigenvalue weighted by Gasteiger charge is -2.21. The number of carbonyl (C=O) groups is 4. The van der Waals surface area contributed by atoms with E-state index in [2.05, 4.69) is 48.5 Å². The van der Waals surface area contributed by atoms with Gasteiger partial charge >= 0.3 is 39.5 Å². The molecular weight excluding hydrogens is 1270 g/mol. The Hall–Kier alpha value is -1.94. The standard InChI is InChI=1S/C78H152O17P2/c1-8-11-12-13-14-38-45-52-59-75(80)88-65-73(94-78(83)62-55-48-41-34-28-26-31-37-44-51-58-71(7)10-3)67-92-96(84,85)90-63-72(79)64-91-97(86,87)93-68-74(66-89-76(81)60-53-46-39-32-27-25-30-36-43-50-57-70(6)9-2)95-77(82)61-54-47-40-33-24-22-20-18-16-15-17-19-21-23-29-35-42-49-56-69(4)5/h69-74,79H,8-68H2,1-7H3,(H,84,85)(H,86,87)/t70?,71?,72-,73+,74+/m0/s1. The Morgan fingerprint density at radius 1 is 0.299 bits per heavy atom. The smallest absolute Gasteiger partial charge is 0.462 e. The van der Waals surface area contributed by atoms with Crippen molar-refractivity contribution < 1.29 is 80.2 Å². The van der Waals surface area contributed by atoms with Gasteiger partial charge in [0.05, 0.1) is 26.4 Å². The van der Waals surface area contributed by atoms with Crippen LogP contribution in [-0.4, -0.2) is 96.7 Å². The molecule has 97 heavy (non-hydrogen) atoms. The van der Waals surface area contributed by atoms with Crippen molar-refractivity contribution in [2.45, 2.75) is 420 Å². The van der Waals surface area contributed by atoms with Crippen molar-refractivity contribution in [1.82, 2.24) is 0 Å². The molecule has 0 saturated carbocycles. The molecule has 0 heterocycles. The minimum absolute atomic E-state index is 0.106. The third kappa shape index (κ3) is 69.5. The Balaban J connectivity index is 5.20. The Bertz CT molecular complexity index is 1890. The molecular formula is C78H152O17P2. The van der Waals surface area contributed by atoms with Crippen LogP contribution < -0.4 is 0 Å². The molecule has 0 aromatic carbocycles. The van der Waals surface area contributed by atoms with Crippen LogP contribution in [0.25, 0.3) is 0 Å². The van der Waals surface area contributed by atoms with E-state index < -0.39 is 97.5 Å². The van der Waals surface area contributed by atoms with Gasteiger partial charge in [0.1, 0.15) is 19.3 Å². The maximum atomic E-state index is 13.1. The molecule has 0 aliphatic rings. The summed E-state index contributed by atoms with van der Waals surface area (Å²) in [5.74, 6) is 0.315. The molecule has 0 aliphatic heterocycles. The fourth-order valence-electron chi connectivity index (χ4n) is 11.9. The normalized spacial score (nSPS) is 14.6. The van der Waals surface area contributed by atoms with Gasteiger partial charge in [0.2, 0.25) is 0 Å². The first-order valence-electron chi connectivity index (χ1n) is 40.4. The molecule has 4 unspecified atom stereocenters. The van der Waals surface area contributed by atoms with Crippen LogP contribution >= 0.6 is 15.6 Å². The fraction of sp³-hybridized carbons (Fsp3) is 0.949. The number of esters is 4. The first kappa shape index (κ1) is 95.1. The van der Waals surface area contributed by atoms with Crippen LogP contribution in [0.4, 0.5) is 0 Å². The molecule has 0 fully saturated rings. The lowest BCUT2D eigenvalue weighted by Crippen LogP contribution is -2.30. The summed E-state index contributed by atoms with van der Waals surface area (Å²) in [4.78, 5) is 72.8. The molecule has 0 amide bonds. The average Bonchev–Trinajstić information content (AvgIpc) is 1.11. The highest BCUT2D eigenvalue weighted by Crippen LogP contribution is 2.45. The number of aliphatic hydroxyl groups excluding tert-OH is 1. The summed E-state index contributed by atoms with van der Waals surface area (Å²) < 4.78 is 68.5. The number of phosphoric acid groups is 2. The monoisotopic (exact) mass is 1420 g/mol. The summed E-state index contributed by atoms with van der Waals surface area (Å²) in [6, 6.07) is 0. The van der Waals surface area contributed by atoms with Crippen molar-refractivity contribution in [2.75, 3.05) is 39.6 Å². The average molecular weight is 1420 g/mol. The van der Waals surface area contributed by atoms with E-state index in [1.165, 1.54) is 205 Å². The molecule has 0 rings (SSSR count). The number of hydrogen-bond donors (Lipinski definition) is 3. The van der Waals surface area contributed by atoms with Gasteiger partial charge in [-0.2, -0.15) is 0 Å². The van der Waals surface area contributed by atoms with Gasteiger partial charge in [0.25, 0.3) is 0 Å². The molecule has 0 aromatic rings. The molecule has 576 valence electrons. The van der Waals surface area contributed by atoms with Gasteiger partial charge in [-0.1, -0.05) is 350 Å². The van der Waals surface area contributed by atoms with E-state index in [4.69, 9.17) is 37.0 Å². The summed E-state index contributed by atoms with van der Waals surface area (Å²) in [6.45, 7) is 12.0. The van der Waals surface area contributed by atoms with E-state index in [1.807, 2.05) is 0 Å². The maximum Gasteiger partial charge on any atom is 0.472 e. The molecule has 0 aliphatic carbocycles. The second-order valence-corrected chi connectivity index (χ2v) is 32.0. The number of hydrogen-bond acceptors (Lipinski definition) is 15. The number of ether oxygens (including phenoxy) is 4. The van der Waals surface area contributed by atoms with Crippen LogP contribution in [0.1, 0.15) is 402 Å². The summed E-state index contributed by atoms with van der Waals surface area (Å²) in [7, 11) is -9.91. The molecule has 3 N–H and O–H groups in total. The number of phosphoric ester groups is 2.